The van der Waals surface area contributed by atoms with Crippen molar-refractivity contribution >= 4 is 17.5 Å². The lowest BCUT2D eigenvalue weighted by Crippen LogP contribution is -2.21. The lowest BCUT2D eigenvalue weighted by Gasteiger charge is -2.13. The number of anilines is 1. The van der Waals surface area contributed by atoms with Gasteiger partial charge >= 0.3 is 6.18 Å². The summed E-state index contributed by atoms with van der Waals surface area (Å²) >= 11 is 0. The average Bonchev–Trinajstić information content (AvgIpc) is 2.54. The van der Waals surface area contributed by atoms with Gasteiger partial charge in [0.1, 0.15) is 0 Å². The minimum atomic E-state index is -4.62. The third-order valence-corrected chi connectivity index (χ3v) is 3.27. The van der Waals surface area contributed by atoms with Gasteiger partial charge in [-0.25, -0.2) is 0 Å². The number of nitrogens with zero attached hydrogens (tertiary/aromatic N) is 1. The fourth-order valence-corrected chi connectivity index (χ4v) is 2.08. The van der Waals surface area contributed by atoms with Gasteiger partial charge in [0.25, 0.3) is 11.8 Å². The van der Waals surface area contributed by atoms with E-state index in [0.717, 1.165) is 12.1 Å². The van der Waals surface area contributed by atoms with Crippen LogP contribution in [0, 0.1) is 0 Å². The van der Waals surface area contributed by atoms with E-state index < -0.39 is 23.2 Å². The largest absolute Gasteiger partial charge is 0.417 e. The second kappa shape index (κ2) is 6.74. The first-order valence-corrected chi connectivity index (χ1v) is 6.99. The van der Waals surface area contributed by atoms with Crippen LogP contribution in [0.15, 0.2) is 48.5 Å². The van der Waals surface area contributed by atoms with E-state index in [1.165, 1.54) is 41.3 Å². The fraction of sp³-hybridized carbons (Fsp3) is 0.176. The van der Waals surface area contributed by atoms with E-state index in [4.69, 9.17) is 0 Å². The van der Waals surface area contributed by atoms with Crippen LogP contribution in [-0.4, -0.2) is 30.8 Å². The Morgan fingerprint density at radius 1 is 0.958 bits per heavy atom. The molecule has 0 aliphatic heterocycles. The third-order valence-electron chi connectivity index (χ3n) is 3.27. The monoisotopic (exact) mass is 336 g/mol. The summed E-state index contributed by atoms with van der Waals surface area (Å²) in [6, 6.07) is 10.5. The Morgan fingerprint density at radius 3 is 2.08 bits per heavy atom. The molecule has 0 atom stereocenters. The summed E-state index contributed by atoms with van der Waals surface area (Å²) in [5.74, 6) is -1.08. The molecule has 4 nitrogen and oxygen atoms in total. The number of rotatable bonds is 3. The molecule has 0 bridgehead atoms. The van der Waals surface area contributed by atoms with Crippen molar-refractivity contribution in [1.82, 2.24) is 4.90 Å². The van der Waals surface area contributed by atoms with Crippen LogP contribution in [0.3, 0.4) is 0 Å². The van der Waals surface area contributed by atoms with Gasteiger partial charge in [0.2, 0.25) is 0 Å². The maximum atomic E-state index is 12.9. The van der Waals surface area contributed by atoms with Gasteiger partial charge in [-0.2, -0.15) is 13.2 Å². The second-order valence-corrected chi connectivity index (χ2v) is 5.27. The number of alkyl halides is 3. The first-order valence-electron chi connectivity index (χ1n) is 6.99. The minimum absolute atomic E-state index is 0.213. The standard InChI is InChI=1S/C17H15F3N2O2/c1-22(2)16(24)11-7-9-12(10-8-11)21-15(23)13-5-3-4-6-14(13)17(18,19)20/h3-10H,1-2H3,(H,21,23). The number of nitrogens with one attached hydrogen (secondary N) is 1. The predicted octanol–water partition coefficient (Wildman–Crippen LogP) is 3.66. The minimum Gasteiger partial charge on any atom is -0.345 e. The maximum Gasteiger partial charge on any atom is 0.417 e. The van der Waals surface area contributed by atoms with Gasteiger partial charge in [0, 0.05) is 25.3 Å². The maximum absolute atomic E-state index is 12.9. The summed E-state index contributed by atoms with van der Waals surface area (Å²) in [5, 5.41) is 2.40. The number of halogens is 3. The van der Waals surface area contributed by atoms with Crippen molar-refractivity contribution in [1.29, 1.82) is 0 Å². The molecule has 0 aromatic heterocycles. The zero-order valence-corrected chi connectivity index (χ0v) is 13.0. The first-order chi connectivity index (χ1) is 11.2. The number of hydrogen-bond donors (Lipinski definition) is 1. The van der Waals surface area contributed by atoms with E-state index >= 15 is 0 Å². The van der Waals surface area contributed by atoms with Crippen molar-refractivity contribution in [3.8, 4) is 0 Å². The van der Waals surface area contributed by atoms with Crippen LogP contribution >= 0.6 is 0 Å². The highest BCUT2D eigenvalue weighted by Crippen LogP contribution is 2.32. The lowest BCUT2D eigenvalue weighted by atomic mass is 10.1. The summed E-state index contributed by atoms with van der Waals surface area (Å²) in [6.07, 6.45) is -4.62. The van der Waals surface area contributed by atoms with Gasteiger partial charge in [0.05, 0.1) is 11.1 Å². The molecule has 0 saturated heterocycles. The van der Waals surface area contributed by atoms with Crippen LogP contribution in [0.25, 0.3) is 0 Å². The normalized spacial score (nSPS) is 11.0. The van der Waals surface area contributed by atoms with Gasteiger partial charge in [0.15, 0.2) is 0 Å². The van der Waals surface area contributed by atoms with Crippen molar-refractivity contribution in [3.63, 3.8) is 0 Å². The Bertz CT molecular complexity index is 753. The van der Waals surface area contributed by atoms with Crippen molar-refractivity contribution in [2.45, 2.75) is 6.18 Å². The van der Waals surface area contributed by atoms with E-state index in [1.54, 1.807) is 14.1 Å². The molecule has 126 valence electrons. The molecule has 7 heteroatoms. The van der Waals surface area contributed by atoms with E-state index in [0.29, 0.717) is 11.3 Å². The Balaban J connectivity index is 2.21. The summed E-state index contributed by atoms with van der Waals surface area (Å²) in [5.41, 5.74) is -0.749. The molecule has 2 aromatic rings. The zero-order valence-electron chi connectivity index (χ0n) is 13.0. The predicted molar refractivity (Wildman–Crippen MR) is 83.9 cm³/mol. The molecule has 0 unspecified atom stereocenters. The highest BCUT2D eigenvalue weighted by molar-refractivity contribution is 6.05. The first kappa shape index (κ1) is 17.5. The Morgan fingerprint density at radius 2 is 1.54 bits per heavy atom. The molecule has 2 rings (SSSR count). The molecule has 0 heterocycles. The fourth-order valence-electron chi connectivity index (χ4n) is 2.08. The van der Waals surface area contributed by atoms with Crippen molar-refractivity contribution in [2.75, 3.05) is 19.4 Å². The Hall–Kier alpha value is -2.83. The lowest BCUT2D eigenvalue weighted by molar-refractivity contribution is -0.137. The summed E-state index contributed by atoms with van der Waals surface area (Å²) in [4.78, 5) is 25.3. The van der Waals surface area contributed by atoms with Crippen molar-refractivity contribution in [3.05, 3.63) is 65.2 Å². The smallest absolute Gasteiger partial charge is 0.345 e. The average molecular weight is 336 g/mol. The molecule has 0 aliphatic rings. The van der Waals surface area contributed by atoms with Crippen molar-refractivity contribution in [2.24, 2.45) is 0 Å². The van der Waals surface area contributed by atoms with Gasteiger partial charge in [-0.05, 0) is 36.4 Å². The van der Waals surface area contributed by atoms with Gasteiger partial charge in [-0.15, -0.1) is 0 Å². The molecular weight excluding hydrogens is 321 g/mol. The number of benzene rings is 2. The molecule has 0 saturated carbocycles. The van der Waals surface area contributed by atoms with Gasteiger partial charge in [-0.1, -0.05) is 12.1 Å². The van der Waals surface area contributed by atoms with Crippen LogP contribution in [0.2, 0.25) is 0 Å². The Labute approximate surface area is 136 Å². The molecule has 0 spiro atoms. The number of carbonyl (C=O) groups excluding carboxylic acids is 2. The summed E-state index contributed by atoms with van der Waals surface area (Å²) in [7, 11) is 3.21. The van der Waals surface area contributed by atoms with E-state index in [-0.39, 0.29) is 5.91 Å². The van der Waals surface area contributed by atoms with Gasteiger partial charge < -0.3 is 10.2 Å². The van der Waals surface area contributed by atoms with Crippen LogP contribution in [0.1, 0.15) is 26.3 Å². The molecule has 1 N–H and O–H groups in total. The van der Waals surface area contributed by atoms with Crippen LogP contribution in [0.4, 0.5) is 18.9 Å². The highest BCUT2D eigenvalue weighted by Gasteiger charge is 2.34. The van der Waals surface area contributed by atoms with Crippen LogP contribution in [-0.2, 0) is 6.18 Å². The topological polar surface area (TPSA) is 49.4 Å². The number of carbonyl (C=O) groups is 2. The molecule has 0 radical (unpaired) electrons. The molecular formula is C17H15F3N2O2. The molecule has 24 heavy (non-hydrogen) atoms. The van der Waals surface area contributed by atoms with Crippen LogP contribution in [0.5, 0.6) is 0 Å². The molecule has 2 amide bonds. The quantitative estimate of drug-likeness (QED) is 0.930. The van der Waals surface area contributed by atoms with E-state index in [2.05, 4.69) is 5.32 Å². The van der Waals surface area contributed by atoms with Crippen LogP contribution < -0.4 is 5.32 Å². The SMILES string of the molecule is CN(C)C(=O)c1ccc(NC(=O)c2ccccc2C(F)(F)F)cc1. The van der Waals surface area contributed by atoms with Gasteiger partial charge in [-0.3, -0.25) is 9.59 Å². The molecule has 0 fully saturated rings. The van der Waals surface area contributed by atoms with E-state index in [1.807, 2.05) is 0 Å². The summed E-state index contributed by atoms with van der Waals surface area (Å²) < 4.78 is 38.8. The van der Waals surface area contributed by atoms with Crippen molar-refractivity contribution < 1.29 is 22.8 Å². The zero-order chi connectivity index (χ0) is 17.9. The molecule has 2 aromatic carbocycles. The van der Waals surface area contributed by atoms with E-state index in [9.17, 15) is 22.8 Å². The highest BCUT2D eigenvalue weighted by atomic mass is 19.4. The molecule has 0 aliphatic carbocycles. The third kappa shape index (κ3) is 3.92. The number of amides is 2. The summed E-state index contributed by atoms with van der Waals surface area (Å²) in [6.45, 7) is 0. The second-order valence-electron chi connectivity index (χ2n) is 5.27. The Kier molecular flexibility index (Phi) is 4.92. The number of hydrogen-bond acceptors (Lipinski definition) is 2.